The van der Waals surface area contributed by atoms with Crippen LogP contribution < -0.4 is 24.0 Å². The van der Waals surface area contributed by atoms with Gasteiger partial charge in [-0.05, 0) is 72.5 Å². The zero-order valence-electron chi connectivity index (χ0n) is 35.9. The van der Waals surface area contributed by atoms with E-state index in [-0.39, 0.29) is 66.5 Å². The van der Waals surface area contributed by atoms with Gasteiger partial charge in [0, 0.05) is 18.2 Å². The quantitative estimate of drug-likeness (QED) is 0.0259. The molecule has 1 aliphatic rings. The van der Waals surface area contributed by atoms with Gasteiger partial charge in [-0.1, -0.05) is 110 Å². The summed E-state index contributed by atoms with van der Waals surface area (Å²) >= 11 is 0. The van der Waals surface area contributed by atoms with Crippen LogP contribution in [0.1, 0.15) is 130 Å². The van der Waals surface area contributed by atoms with Gasteiger partial charge >= 0.3 is 19.5 Å². The third-order valence-electron chi connectivity index (χ3n) is 9.55. The van der Waals surface area contributed by atoms with Crippen molar-refractivity contribution < 1.29 is 38.4 Å². The molecule has 57 heavy (non-hydrogen) atoms. The normalized spacial score (nSPS) is 10.4. The van der Waals surface area contributed by atoms with Gasteiger partial charge in [-0.25, -0.2) is 4.68 Å². The molecule has 10 nitrogen and oxygen atoms in total. The van der Waals surface area contributed by atoms with E-state index in [9.17, 15) is 0 Å². The van der Waals surface area contributed by atoms with Gasteiger partial charge in [0.05, 0.1) is 32.1 Å². The van der Waals surface area contributed by atoms with Crippen LogP contribution in [0.2, 0.25) is 0 Å². The predicted octanol–water partition coefficient (Wildman–Crippen LogP) is 11.1. The van der Waals surface area contributed by atoms with Crippen LogP contribution in [0.4, 0.5) is 0 Å². The van der Waals surface area contributed by atoms with Crippen molar-refractivity contribution in [3.05, 3.63) is 31.7 Å². The summed E-state index contributed by atoms with van der Waals surface area (Å²) in [4.78, 5) is 0. The maximum Gasteiger partial charge on any atom is 2.00 e. The minimum atomic E-state index is 0. The Morgan fingerprint density at radius 1 is 0.491 bits per heavy atom. The zero-order chi connectivity index (χ0) is 35.8. The number of hydrogen-bond donors (Lipinski definition) is 0. The second-order valence-electron chi connectivity index (χ2n) is 13.7. The molecule has 0 bridgehead atoms. The monoisotopic (exact) mass is 952 g/mol. The van der Waals surface area contributed by atoms with Crippen LogP contribution in [-0.4, -0.2) is 51.7 Å². The van der Waals surface area contributed by atoms with E-state index < -0.39 is 0 Å². The molecule has 0 fully saturated rings. The van der Waals surface area contributed by atoms with Crippen molar-refractivity contribution in [3.63, 3.8) is 0 Å². The zero-order valence-corrected chi connectivity index (χ0v) is 43.3. The van der Waals surface area contributed by atoms with Gasteiger partial charge < -0.3 is 36.6 Å². The molecule has 0 saturated heterocycles. The Hall–Kier alpha value is -1.74. The van der Waals surface area contributed by atoms with Crippen LogP contribution in [0.25, 0.3) is 45.0 Å². The average molecular weight is 952 g/mol. The second-order valence-corrected chi connectivity index (χ2v) is 13.7. The van der Waals surface area contributed by atoms with Crippen LogP contribution in [0.15, 0.2) is 24.3 Å². The molecule has 2 heterocycles. The Balaban J connectivity index is 0. The van der Waals surface area contributed by atoms with Gasteiger partial charge in [0.1, 0.15) is 5.69 Å². The molecule has 4 aromatic rings. The van der Waals surface area contributed by atoms with Crippen LogP contribution in [0.3, 0.4) is 0 Å². The number of hydrogen-bond acceptors (Lipinski definition) is 8. The number of aromatic nitrogens is 6. The second kappa shape index (κ2) is 31.2. The molecular weight excluding hydrogens is 877 g/mol. The smallest absolute Gasteiger partial charge is 0.490 e. The fourth-order valence-corrected chi connectivity index (χ4v) is 6.61. The molecule has 1 aliphatic carbocycles. The molecule has 2 aromatic carbocycles. The molecule has 0 amide bonds. The van der Waals surface area contributed by atoms with Crippen LogP contribution in [0.5, 0.6) is 23.0 Å². The summed E-state index contributed by atoms with van der Waals surface area (Å²) in [5.74, 6) is 2.82. The first-order valence-electron chi connectivity index (χ1n) is 19.8. The Bertz CT molecular complexity index is 1650. The molecular formula is C42H74N6O4P4Ru. The predicted molar refractivity (Wildman–Crippen MR) is 255 cm³/mol. The maximum atomic E-state index is 6.48. The molecule has 0 radical (unpaired) electrons. The van der Waals surface area contributed by atoms with E-state index in [0.717, 1.165) is 85.0 Å². The Morgan fingerprint density at radius 3 is 1.26 bits per heavy atom. The number of rotatable bonds is 24. The number of aryl methyl sites for hydroxylation is 1. The third kappa shape index (κ3) is 15.7. The van der Waals surface area contributed by atoms with E-state index in [0.29, 0.717) is 60.8 Å². The molecule has 4 unspecified atom stereocenters. The first kappa shape index (κ1) is 57.4. The van der Waals surface area contributed by atoms with Gasteiger partial charge in [0.15, 0.2) is 23.0 Å². The largest absolute Gasteiger partial charge is 2.00 e. The molecule has 0 N–H and O–H groups in total. The SMILES string of the molecule is CCCCCCOc1cc2c(cc1OCCCCCC)-c1c(nnn1C)-c1cc(OCCCCCC)c(OCCCCCC)cc1-c1[n-]nnc1-2.P.P.P.P.[CH3-].[Ru+2]. The van der Waals surface area contributed by atoms with Crippen LogP contribution in [0, 0.1) is 7.43 Å². The Labute approximate surface area is 370 Å². The maximum absolute atomic E-state index is 6.48. The summed E-state index contributed by atoms with van der Waals surface area (Å²) in [7, 11) is 1.93. The summed E-state index contributed by atoms with van der Waals surface area (Å²) < 4.78 is 27.7. The van der Waals surface area contributed by atoms with E-state index >= 15 is 0 Å². The van der Waals surface area contributed by atoms with E-state index in [4.69, 9.17) is 24.0 Å². The van der Waals surface area contributed by atoms with E-state index in [2.05, 4.69) is 54.4 Å². The van der Waals surface area contributed by atoms with Crippen molar-refractivity contribution >= 4 is 39.6 Å². The molecule has 0 spiro atoms. The van der Waals surface area contributed by atoms with Crippen molar-refractivity contribution in [1.29, 1.82) is 0 Å². The average Bonchev–Trinajstić information content (AvgIpc) is 3.77. The van der Waals surface area contributed by atoms with Crippen LogP contribution >= 0.6 is 39.6 Å². The summed E-state index contributed by atoms with van der Waals surface area (Å²) in [6.07, 6.45) is 17.9. The fourth-order valence-electron chi connectivity index (χ4n) is 6.61. The van der Waals surface area contributed by atoms with E-state index in [1.165, 1.54) is 51.4 Å². The van der Waals surface area contributed by atoms with Gasteiger partial charge in [0.2, 0.25) is 0 Å². The first-order valence-corrected chi connectivity index (χ1v) is 19.8. The summed E-state index contributed by atoms with van der Waals surface area (Å²) in [6, 6.07) is 8.20. The van der Waals surface area contributed by atoms with Crippen molar-refractivity contribution in [2.24, 2.45) is 7.05 Å². The van der Waals surface area contributed by atoms with Crippen molar-refractivity contribution in [3.8, 4) is 68.0 Å². The minimum absolute atomic E-state index is 0. The minimum Gasteiger partial charge on any atom is -0.490 e. The molecule has 0 saturated carbocycles. The van der Waals surface area contributed by atoms with Crippen molar-refractivity contribution in [1.82, 2.24) is 30.4 Å². The van der Waals surface area contributed by atoms with E-state index in [1.807, 2.05) is 29.9 Å². The van der Waals surface area contributed by atoms with Crippen LogP contribution in [-0.2, 0) is 26.5 Å². The third-order valence-corrected chi connectivity index (χ3v) is 9.55. The number of unbranched alkanes of at least 4 members (excludes halogenated alkanes) is 12. The summed E-state index contributed by atoms with van der Waals surface area (Å²) in [6.45, 7) is 11.3. The van der Waals surface area contributed by atoms with Gasteiger partial charge in [-0.2, -0.15) is 39.6 Å². The summed E-state index contributed by atoms with van der Waals surface area (Å²) in [5.41, 5.74) is 6.36. The van der Waals surface area contributed by atoms with E-state index in [1.54, 1.807) is 0 Å². The Morgan fingerprint density at radius 2 is 0.860 bits per heavy atom. The molecule has 2 aromatic heterocycles. The van der Waals surface area contributed by atoms with Gasteiger partial charge in [-0.3, -0.25) is 5.21 Å². The van der Waals surface area contributed by atoms with Crippen molar-refractivity contribution in [2.75, 3.05) is 26.4 Å². The number of ether oxygens (including phenoxy) is 4. The molecule has 324 valence electrons. The standard InChI is InChI=1S/C41H59N6O4.CH3.4H3P.Ru/c1-6-10-14-18-22-48-34-26-30-31(27-35(34)49-23-19-15-11-7-2)40-41(47(5)46-44-40)33-29-37(51-25-21-17-13-9-4)36(50-24-20-16-12-8-3)28-32(33)39-38(30)42-45-43-39;;;;;;/h26-29H,6-25H2,1-5H3;5*1H3;/q2*-1;;;;;+2. The number of nitrogens with zero attached hydrogens (tertiary/aromatic N) is 6. The topological polar surface area (TPSA) is 108 Å². The first-order chi connectivity index (χ1) is 25.1. The van der Waals surface area contributed by atoms with Gasteiger partial charge in [0.25, 0.3) is 0 Å². The number of benzene rings is 2. The Kier molecular flexibility index (Phi) is 31.4. The molecule has 5 rings (SSSR count). The van der Waals surface area contributed by atoms with Crippen molar-refractivity contribution in [2.45, 2.75) is 130 Å². The van der Waals surface area contributed by atoms with Gasteiger partial charge in [-0.15, -0.1) is 5.10 Å². The fraction of sp³-hybridized carbons (Fsp3) is 0.595. The number of fused-ring (bicyclic) bond motifs is 8. The molecule has 0 aliphatic heterocycles. The molecule has 15 heteroatoms. The molecule has 4 atom stereocenters. The summed E-state index contributed by atoms with van der Waals surface area (Å²) in [5, 5.41) is 22.7.